The number of halogens is 3. The lowest BCUT2D eigenvalue weighted by molar-refractivity contribution is -0.385. The van der Waals surface area contributed by atoms with Crippen molar-refractivity contribution >= 4 is 17.4 Å². The fourth-order valence-electron chi connectivity index (χ4n) is 2.64. The van der Waals surface area contributed by atoms with E-state index in [1.54, 1.807) is 0 Å². The lowest BCUT2D eigenvalue weighted by Gasteiger charge is -2.12. The fourth-order valence-corrected chi connectivity index (χ4v) is 2.64. The molecule has 0 fully saturated rings. The van der Waals surface area contributed by atoms with Crippen LogP contribution in [0.4, 0.5) is 18.9 Å². The SMILES string of the molecule is Cc1cc(C(=O)COC(=O)COc2ccccc2[N+](=O)[O-])c(C)n1CC(F)(F)F. The molecule has 8 nitrogen and oxygen atoms in total. The summed E-state index contributed by atoms with van der Waals surface area (Å²) in [5.41, 5.74) is 0.0268. The van der Waals surface area contributed by atoms with E-state index in [9.17, 15) is 32.9 Å². The Balaban J connectivity index is 1.95. The predicted octanol–water partition coefficient (Wildman–Crippen LogP) is 3.38. The highest BCUT2D eigenvalue weighted by molar-refractivity contribution is 5.99. The van der Waals surface area contributed by atoms with E-state index >= 15 is 0 Å². The van der Waals surface area contributed by atoms with Crippen LogP contribution in [0.5, 0.6) is 5.75 Å². The highest BCUT2D eigenvalue weighted by Crippen LogP contribution is 2.26. The third-order valence-corrected chi connectivity index (χ3v) is 3.98. The molecule has 0 amide bonds. The van der Waals surface area contributed by atoms with Gasteiger partial charge in [-0.05, 0) is 26.0 Å². The van der Waals surface area contributed by atoms with Crippen molar-refractivity contribution in [1.29, 1.82) is 0 Å². The van der Waals surface area contributed by atoms with Crippen LogP contribution in [0.25, 0.3) is 0 Å². The molecule has 0 saturated heterocycles. The number of hydrogen-bond acceptors (Lipinski definition) is 6. The number of nitro benzene ring substituents is 1. The summed E-state index contributed by atoms with van der Waals surface area (Å²) in [4.78, 5) is 34.2. The highest BCUT2D eigenvalue weighted by Gasteiger charge is 2.30. The second-order valence-electron chi connectivity index (χ2n) is 6.08. The molecule has 11 heteroatoms. The van der Waals surface area contributed by atoms with Crippen LogP contribution in [0.1, 0.15) is 21.7 Å². The van der Waals surface area contributed by atoms with Crippen LogP contribution >= 0.6 is 0 Å². The number of aromatic nitrogens is 1. The maximum atomic E-state index is 12.6. The van der Waals surface area contributed by atoms with Gasteiger partial charge in [-0.15, -0.1) is 0 Å². The summed E-state index contributed by atoms with van der Waals surface area (Å²) in [5.74, 6) is -1.78. The number of ether oxygens (including phenoxy) is 2. The number of esters is 1. The van der Waals surface area contributed by atoms with E-state index in [1.807, 2.05) is 0 Å². The van der Waals surface area contributed by atoms with Gasteiger partial charge in [0.1, 0.15) is 6.54 Å². The van der Waals surface area contributed by atoms with Crippen molar-refractivity contribution in [3.05, 3.63) is 57.4 Å². The van der Waals surface area contributed by atoms with Gasteiger partial charge in [-0.2, -0.15) is 13.2 Å². The number of nitro groups is 1. The summed E-state index contributed by atoms with van der Waals surface area (Å²) in [7, 11) is 0. The third-order valence-electron chi connectivity index (χ3n) is 3.98. The summed E-state index contributed by atoms with van der Waals surface area (Å²) < 4.78 is 48.7. The second-order valence-corrected chi connectivity index (χ2v) is 6.08. The molecule has 1 aromatic carbocycles. The first-order chi connectivity index (χ1) is 13.5. The normalized spacial score (nSPS) is 11.2. The number of alkyl halides is 3. The average molecular weight is 414 g/mol. The number of ketones is 1. The Kier molecular flexibility index (Phi) is 6.62. The number of carbonyl (C=O) groups excluding carboxylic acids is 2. The molecule has 0 aliphatic carbocycles. The van der Waals surface area contributed by atoms with Crippen molar-refractivity contribution in [2.24, 2.45) is 0 Å². The molecule has 2 aromatic rings. The highest BCUT2D eigenvalue weighted by atomic mass is 19.4. The first-order valence-corrected chi connectivity index (χ1v) is 8.28. The number of rotatable bonds is 8. The number of benzene rings is 1. The van der Waals surface area contributed by atoms with Crippen LogP contribution in [0.2, 0.25) is 0 Å². The van der Waals surface area contributed by atoms with E-state index in [2.05, 4.69) is 0 Å². The summed E-state index contributed by atoms with van der Waals surface area (Å²) in [5, 5.41) is 10.9. The second kappa shape index (κ2) is 8.76. The quantitative estimate of drug-likeness (QED) is 0.284. The Labute approximate surface area is 163 Å². The Hall–Kier alpha value is -3.37. The molecule has 0 aliphatic rings. The van der Waals surface area contributed by atoms with Crippen LogP contribution < -0.4 is 4.74 Å². The predicted molar refractivity (Wildman–Crippen MR) is 93.8 cm³/mol. The van der Waals surface area contributed by atoms with Crippen molar-refractivity contribution < 1.29 is 37.2 Å². The maximum absolute atomic E-state index is 12.6. The number of nitrogens with zero attached hydrogens (tertiary/aromatic N) is 2. The average Bonchev–Trinajstić information content (AvgIpc) is 2.91. The van der Waals surface area contributed by atoms with Gasteiger partial charge in [0.2, 0.25) is 5.78 Å². The van der Waals surface area contributed by atoms with Gasteiger partial charge >= 0.3 is 17.8 Å². The van der Waals surface area contributed by atoms with Gasteiger partial charge in [0.05, 0.1) is 4.92 Å². The molecule has 156 valence electrons. The largest absolute Gasteiger partial charge is 0.475 e. The molecular formula is C18H17F3N2O6. The van der Waals surface area contributed by atoms with Crippen molar-refractivity contribution in [3.8, 4) is 5.75 Å². The molecule has 0 radical (unpaired) electrons. The van der Waals surface area contributed by atoms with Gasteiger partial charge < -0.3 is 14.0 Å². The van der Waals surface area contributed by atoms with Gasteiger partial charge in [0.25, 0.3) is 0 Å². The maximum Gasteiger partial charge on any atom is 0.406 e. The van der Waals surface area contributed by atoms with Crippen LogP contribution in [0, 0.1) is 24.0 Å². The molecule has 0 bridgehead atoms. The van der Waals surface area contributed by atoms with E-state index in [0.717, 1.165) is 4.57 Å². The lowest BCUT2D eigenvalue weighted by atomic mass is 10.1. The zero-order valence-electron chi connectivity index (χ0n) is 15.5. The topological polar surface area (TPSA) is 101 Å². The van der Waals surface area contributed by atoms with E-state index in [4.69, 9.17) is 9.47 Å². The number of Topliss-reactive ketones (excluding diaryl/α,β-unsaturated/α-hetero) is 1. The number of carbonyl (C=O) groups is 2. The smallest absolute Gasteiger partial charge is 0.406 e. The molecule has 0 spiro atoms. The Morgan fingerprint density at radius 2 is 1.83 bits per heavy atom. The van der Waals surface area contributed by atoms with E-state index in [-0.39, 0.29) is 28.4 Å². The van der Waals surface area contributed by atoms with Crippen molar-refractivity contribution in [2.75, 3.05) is 13.2 Å². The first kappa shape index (κ1) is 21.9. The Bertz CT molecular complexity index is 936. The lowest BCUT2D eigenvalue weighted by Crippen LogP contribution is -2.21. The van der Waals surface area contributed by atoms with Gasteiger partial charge in [0, 0.05) is 23.0 Å². The number of aryl methyl sites for hydroxylation is 1. The standard InChI is InChI=1S/C18H17F3N2O6/c1-11-7-13(12(2)22(11)10-18(19,20)21)15(24)8-29-17(25)9-28-16-6-4-3-5-14(16)23(26)27/h3-7H,8-10H2,1-2H3. The van der Waals surface area contributed by atoms with E-state index < -0.39 is 42.6 Å². The molecule has 0 N–H and O–H groups in total. The molecule has 0 saturated carbocycles. The molecule has 2 rings (SSSR count). The van der Waals surface area contributed by atoms with Gasteiger partial charge in [-0.3, -0.25) is 14.9 Å². The van der Waals surface area contributed by atoms with Crippen LogP contribution in [-0.4, -0.2) is 40.6 Å². The molecule has 0 unspecified atom stereocenters. The molecule has 29 heavy (non-hydrogen) atoms. The molecule has 1 heterocycles. The summed E-state index contributed by atoms with van der Waals surface area (Å²) in [6.45, 7) is 0.190. The minimum Gasteiger partial charge on any atom is -0.475 e. The number of para-hydroxylation sites is 2. The molecule has 0 aliphatic heterocycles. The Morgan fingerprint density at radius 3 is 2.45 bits per heavy atom. The zero-order valence-corrected chi connectivity index (χ0v) is 15.5. The van der Waals surface area contributed by atoms with Gasteiger partial charge in [0.15, 0.2) is 19.0 Å². The van der Waals surface area contributed by atoms with E-state index in [1.165, 1.54) is 44.2 Å². The minimum atomic E-state index is -4.45. The number of hydrogen-bond donors (Lipinski definition) is 0. The van der Waals surface area contributed by atoms with Crippen LogP contribution in [0.3, 0.4) is 0 Å². The van der Waals surface area contributed by atoms with E-state index in [0.29, 0.717) is 0 Å². The van der Waals surface area contributed by atoms with Crippen molar-refractivity contribution in [2.45, 2.75) is 26.6 Å². The fraction of sp³-hybridized carbons (Fsp3) is 0.333. The first-order valence-electron chi connectivity index (χ1n) is 8.28. The molecule has 0 atom stereocenters. The van der Waals surface area contributed by atoms with Crippen LogP contribution in [0.15, 0.2) is 30.3 Å². The third kappa shape index (κ3) is 5.80. The monoisotopic (exact) mass is 414 g/mol. The molecular weight excluding hydrogens is 397 g/mol. The van der Waals surface area contributed by atoms with Crippen molar-refractivity contribution in [3.63, 3.8) is 0 Å². The Morgan fingerprint density at radius 1 is 1.17 bits per heavy atom. The minimum absolute atomic E-state index is 0.0131. The van der Waals surface area contributed by atoms with Gasteiger partial charge in [-0.1, -0.05) is 12.1 Å². The zero-order chi connectivity index (χ0) is 21.8. The van der Waals surface area contributed by atoms with Crippen LogP contribution in [-0.2, 0) is 16.1 Å². The van der Waals surface area contributed by atoms with Gasteiger partial charge in [-0.25, -0.2) is 4.79 Å². The molecule has 1 aromatic heterocycles. The summed E-state index contributed by atoms with van der Waals surface area (Å²) in [6, 6.07) is 6.69. The summed E-state index contributed by atoms with van der Waals surface area (Å²) in [6.07, 6.45) is -4.45. The summed E-state index contributed by atoms with van der Waals surface area (Å²) >= 11 is 0. The van der Waals surface area contributed by atoms with Crippen molar-refractivity contribution in [1.82, 2.24) is 4.57 Å².